The number of primary amides is 1. The molecular formula is C8H8FN3O. The summed E-state index contributed by atoms with van der Waals surface area (Å²) < 4.78 is 12.6. The Morgan fingerprint density at radius 1 is 1.62 bits per heavy atom. The van der Waals surface area contributed by atoms with E-state index in [1.807, 2.05) is 5.43 Å². The van der Waals surface area contributed by atoms with Crippen molar-refractivity contribution in [3.8, 4) is 0 Å². The van der Waals surface area contributed by atoms with Crippen LogP contribution >= 0.6 is 0 Å². The van der Waals surface area contributed by atoms with Crippen molar-refractivity contribution in [1.82, 2.24) is 5.43 Å². The first-order valence-corrected chi connectivity index (χ1v) is 3.52. The molecule has 13 heavy (non-hydrogen) atoms. The molecule has 0 bridgehead atoms. The van der Waals surface area contributed by atoms with E-state index in [1.165, 1.54) is 18.3 Å². The van der Waals surface area contributed by atoms with Gasteiger partial charge in [0.1, 0.15) is 5.82 Å². The number of hydrazone groups is 1. The van der Waals surface area contributed by atoms with E-state index < -0.39 is 6.03 Å². The van der Waals surface area contributed by atoms with E-state index in [0.29, 0.717) is 5.56 Å². The molecule has 0 aromatic heterocycles. The molecule has 1 aromatic carbocycles. The van der Waals surface area contributed by atoms with Gasteiger partial charge in [-0.25, -0.2) is 14.6 Å². The first-order valence-electron chi connectivity index (χ1n) is 3.52. The van der Waals surface area contributed by atoms with Crippen LogP contribution in [0.1, 0.15) is 5.56 Å². The van der Waals surface area contributed by atoms with Crippen molar-refractivity contribution in [3.63, 3.8) is 0 Å². The Morgan fingerprint density at radius 3 is 3.00 bits per heavy atom. The van der Waals surface area contributed by atoms with Gasteiger partial charge in [-0.2, -0.15) is 5.10 Å². The molecule has 68 valence electrons. The molecule has 0 radical (unpaired) electrons. The van der Waals surface area contributed by atoms with E-state index in [4.69, 9.17) is 5.73 Å². The minimum atomic E-state index is -0.757. The molecule has 2 amide bonds. The summed E-state index contributed by atoms with van der Waals surface area (Å²) in [6, 6.07) is 5.04. The number of carbonyl (C=O) groups excluding carboxylic acids is 1. The van der Waals surface area contributed by atoms with Crippen molar-refractivity contribution in [1.29, 1.82) is 0 Å². The zero-order valence-electron chi connectivity index (χ0n) is 6.70. The molecule has 0 aliphatic carbocycles. The smallest absolute Gasteiger partial charge is 0.332 e. The van der Waals surface area contributed by atoms with Gasteiger partial charge in [0.05, 0.1) is 6.21 Å². The topological polar surface area (TPSA) is 67.5 Å². The summed E-state index contributed by atoms with van der Waals surface area (Å²) in [6.45, 7) is 0. The van der Waals surface area contributed by atoms with Crippen molar-refractivity contribution in [2.45, 2.75) is 0 Å². The molecule has 0 saturated carbocycles. The van der Waals surface area contributed by atoms with Crippen LogP contribution in [-0.2, 0) is 0 Å². The van der Waals surface area contributed by atoms with Gasteiger partial charge < -0.3 is 5.73 Å². The normalized spacial score (nSPS) is 10.2. The number of halogens is 1. The van der Waals surface area contributed by atoms with Gasteiger partial charge in [0.25, 0.3) is 0 Å². The molecule has 0 unspecified atom stereocenters. The summed E-state index contributed by atoms with van der Waals surface area (Å²) in [7, 11) is 0. The summed E-state index contributed by atoms with van der Waals surface area (Å²) in [5.41, 5.74) is 7.30. The molecule has 0 aliphatic heterocycles. The van der Waals surface area contributed by atoms with Gasteiger partial charge in [-0.1, -0.05) is 12.1 Å². The maximum absolute atomic E-state index is 12.6. The summed E-state index contributed by atoms with van der Waals surface area (Å²) in [6.07, 6.45) is 1.30. The molecule has 5 heteroatoms. The SMILES string of the molecule is NC(=O)N/N=C\c1cccc(F)c1. The fraction of sp³-hybridized carbons (Fsp3) is 0. The maximum atomic E-state index is 12.6. The molecule has 0 aliphatic rings. The largest absolute Gasteiger partial charge is 0.350 e. The van der Waals surface area contributed by atoms with Crippen LogP contribution in [0.5, 0.6) is 0 Å². The second-order valence-electron chi connectivity index (χ2n) is 2.29. The molecular weight excluding hydrogens is 173 g/mol. The predicted molar refractivity (Wildman–Crippen MR) is 46.7 cm³/mol. The Morgan fingerprint density at radius 2 is 2.38 bits per heavy atom. The number of hydrogen-bond acceptors (Lipinski definition) is 2. The Bertz CT molecular complexity index is 338. The van der Waals surface area contributed by atoms with Gasteiger partial charge in [0.15, 0.2) is 0 Å². The quantitative estimate of drug-likeness (QED) is 0.515. The van der Waals surface area contributed by atoms with Crippen LogP contribution < -0.4 is 11.2 Å². The van der Waals surface area contributed by atoms with Crippen LogP contribution in [0.25, 0.3) is 0 Å². The lowest BCUT2D eigenvalue weighted by molar-refractivity contribution is 0.249. The van der Waals surface area contributed by atoms with Gasteiger partial charge in [0, 0.05) is 0 Å². The van der Waals surface area contributed by atoms with Crippen LogP contribution in [-0.4, -0.2) is 12.2 Å². The van der Waals surface area contributed by atoms with E-state index in [1.54, 1.807) is 12.1 Å². The number of benzene rings is 1. The molecule has 0 heterocycles. The predicted octanol–water partition coefficient (Wildman–Crippen LogP) is 0.828. The lowest BCUT2D eigenvalue weighted by Gasteiger charge is -1.93. The summed E-state index contributed by atoms with van der Waals surface area (Å²) in [5.74, 6) is -0.358. The van der Waals surface area contributed by atoms with E-state index >= 15 is 0 Å². The van der Waals surface area contributed by atoms with Gasteiger partial charge in [0.2, 0.25) is 0 Å². The van der Waals surface area contributed by atoms with Gasteiger partial charge >= 0.3 is 6.03 Å². The standard InChI is InChI=1S/C8H8FN3O/c9-7-3-1-2-6(4-7)5-11-12-8(10)13/h1-5H,(H3,10,12,13)/b11-5-. The second kappa shape index (κ2) is 4.20. The van der Waals surface area contributed by atoms with Crippen LogP contribution in [0, 0.1) is 5.82 Å². The molecule has 1 aromatic rings. The maximum Gasteiger partial charge on any atom is 0.332 e. The average molecular weight is 181 g/mol. The minimum Gasteiger partial charge on any atom is -0.350 e. The van der Waals surface area contributed by atoms with Crippen LogP contribution in [0.4, 0.5) is 9.18 Å². The first kappa shape index (κ1) is 9.18. The number of urea groups is 1. The third-order valence-electron chi connectivity index (χ3n) is 1.24. The monoisotopic (exact) mass is 181 g/mol. The van der Waals surface area contributed by atoms with Crippen molar-refractivity contribution < 1.29 is 9.18 Å². The lowest BCUT2D eigenvalue weighted by atomic mass is 10.2. The summed E-state index contributed by atoms with van der Waals surface area (Å²) in [4.78, 5) is 10.2. The first-order chi connectivity index (χ1) is 6.18. The minimum absolute atomic E-state index is 0.358. The van der Waals surface area contributed by atoms with E-state index in [-0.39, 0.29) is 5.82 Å². The van der Waals surface area contributed by atoms with Crippen molar-refractivity contribution >= 4 is 12.2 Å². The molecule has 1 rings (SSSR count). The second-order valence-corrected chi connectivity index (χ2v) is 2.29. The Labute approximate surface area is 74.2 Å². The zero-order valence-corrected chi connectivity index (χ0v) is 6.70. The number of amides is 2. The summed E-state index contributed by atoms with van der Waals surface area (Å²) in [5, 5.41) is 3.47. The van der Waals surface area contributed by atoms with Crippen molar-refractivity contribution in [2.75, 3.05) is 0 Å². The van der Waals surface area contributed by atoms with Crippen molar-refractivity contribution in [3.05, 3.63) is 35.6 Å². The Hall–Kier alpha value is -1.91. The molecule has 3 N–H and O–H groups in total. The molecule has 0 atom stereocenters. The number of rotatable bonds is 2. The third kappa shape index (κ3) is 3.33. The highest BCUT2D eigenvalue weighted by Gasteiger charge is 1.90. The molecule has 4 nitrogen and oxygen atoms in total. The molecule has 0 saturated heterocycles. The highest BCUT2D eigenvalue weighted by atomic mass is 19.1. The molecule has 0 fully saturated rings. The van der Waals surface area contributed by atoms with E-state index in [9.17, 15) is 9.18 Å². The van der Waals surface area contributed by atoms with Crippen LogP contribution in [0.3, 0.4) is 0 Å². The number of carbonyl (C=O) groups is 1. The number of nitrogens with zero attached hydrogens (tertiary/aromatic N) is 1. The third-order valence-corrected chi connectivity index (χ3v) is 1.24. The molecule has 0 spiro atoms. The Kier molecular flexibility index (Phi) is 2.97. The van der Waals surface area contributed by atoms with Gasteiger partial charge in [-0.15, -0.1) is 0 Å². The Balaban J connectivity index is 2.63. The van der Waals surface area contributed by atoms with Gasteiger partial charge in [-0.3, -0.25) is 0 Å². The summed E-state index contributed by atoms with van der Waals surface area (Å²) >= 11 is 0. The highest BCUT2D eigenvalue weighted by molar-refractivity contribution is 5.81. The zero-order chi connectivity index (χ0) is 9.68. The fourth-order valence-corrected chi connectivity index (χ4v) is 0.757. The number of nitrogens with two attached hydrogens (primary N) is 1. The highest BCUT2D eigenvalue weighted by Crippen LogP contribution is 1.99. The number of hydrogen-bond donors (Lipinski definition) is 2. The lowest BCUT2D eigenvalue weighted by Crippen LogP contribution is -2.24. The van der Waals surface area contributed by atoms with Crippen molar-refractivity contribution in [2.24, 2.45) is 10.8 Å². The van der Waals surface area contributed by atoms with E-state index in [0.717, 1.165) is 0 Å². The van der Waals surface area contributed by atoms with Gasteiger partial charge in [-0.05, 0) is 17.7 Å². The van der Waals surface area contributed by atoms with Crippen LogP contribution in [0.2, 0.25) is 0 Å². The van der Waals surface area contributed by atoms with Crippen LogP contribution in [0.15, 0.2) is 29.4 Å². The average Bonchev–Trinajstić information content (AvgIpc) is 2.03. The van der Waals surface area contributed by atoms with E-state index in [2.05, 4.69) is 5.10 Å². The number of nitrogens with one attached hydrogen (secondary N) is 1. The fourth-order valence-electron chi connectivity index (χ4n) is 0.757.